The third-order valence-corrected chi connectivity index (χ3v) is 4.09. The highest BCUT2D eigenvalue weighted by Crippen LogP contribution is 2.19. The minimum Gasteiger partial charge on any atom is -0.483 e. The lowest BCUT2D eigenvalue weighted by Crippen LogP contribution is -2.36. The fourth-order valence-electron chi connectivity index (χ4n) is 2.65. The fourth-order valence-corrected chi connectivity index (χ4v) is 2.65. The summed E-state index contributed by atoms with van der Waals surface area (Å²) in [5.41, 5.74) is 3.14. The quantitative estimate of drug-likeness (QED) is 0.905. The molecule has 1 aliphatic rings. The molecule has 0 atom stereocenters. The standard InChI is InChI=1S/C19H23N3O3/c1-14-3-4-15(2)17(11-14)25-13-19(23)21-18-6-5-16(12-20-18)22-7-9-24-10-8-22/h3-6,11-12H,7-10,13H2,1-2H3,(H,20,21,23). The summed E-state index contributed by atoms with van der Waals surface area (Å²) in [5.74, 6) is 1.02. The maximum atomic E-state index is 12.1. The normalized spacial score (nSPS) is 14.2. The van der Waals surface area contributed by atoms with Crippen LogP contribution in [0.3, 0.4) is 0 Å². The number of morpholine rings is 1. The molecule has 0 bridgehead atoms. The number of aromatic nitrogens is 1. The monoisotopic (exact) mass is 341 g/mol. The van der Waals surface area contributed by atoms with Crippen molar-refractivity contribution in [2.75, 3.05) is 43.1 Å². The lowest BCUT2D eigenvalue weighted by atomic mass is 10.1. The van der Waals surface area contributed by atoms with Crippen molar-refractivity contribution in [2.45, 2.75) is 13.8 Å². The Morgan fingerprint density at radius 1 is 1.24 bits per heavy atom. The van der Waals surface area contributed by atoms with Crippen LogP contribution in [0, 0.1) is 13.8 Å². The summed E-state index contributed by atoms with van der Waals surface area (Å²) in [5, 5.41) is 2.76. The SMILES string of the molecule is Cc1ccc(C)c(OCC(=O)Nc2ccc(N3CCOCC3)cn2)c1. The Labute approximate surface area is 147 Å². The van der Waals surface area contributed by atoms with E-state index < -0.39 is 0 Å². The van der Waals surface area contributed by atoms with Gasteiger partial charge in [-0.1, -0.05) is 12.1 Å². The first-order valence-corrected chi connectivity index (χ1v) is 8.40. The molecule has 2 aromatic rings. The molecule has 6 heteroatoms. The van der Waals surface area contributed by atoms with Crippen LogP contribution < -0.4 is 15.0 Å². The number of carbonyl (C=O) groups is 1. The maximum Gasteiger partial charge on any atom is 0.263 e. The van der Waals surface area contributed by atoms with Crippen LogP contribution in [0.15, 0.2) is 36.5 Å². The van der Waals surface area contributed by atoms with Crippen LogP contribution in [0.2, 0.25) is 0 Å². The number of nitrogens with zero attached hydrogens (tertiary/aromatic N) is 2. The summed E-state index contributed by atoms with van der Waals surface area (Å²) < 4.78 is 11.0. The summed E-state index contributed by atoms with van der Waals surface area (Å²) in [6, 6.07) is 9.69. The first kappa shape index (κ1) is 17.2. The van der Waals surface area contributed by atoms with Gasteiger partial charge in [-0.05, 0) is 43.2 Å². The molecular formula is C19H23N3O3. The second kappa shape index (κ2) is 7.98. The van der Waals surface area contributed by atoms with Gasteiger partial charge in [0.15, 0.2) is 6.61 Å². The number of aryl methyl sites for hydroxylation is 2. The highest BCUT2D eigenvalue weighted by molar-refractivity contribution is 5.91. The zero-order chi connectivity index (χ0) is 17.6. The summed E-state index contributed by atoms with van der Waals surface area (Å²) in [4.78, 5) is 18.6. The van der Waals surface area contributed by atoms with Crippen molar-refractivity contribution in [3.8, 4) is 5.75 Å². The van der Waals surface area contributed by atoms with Crippen molar-refractivity contribution < 1.29 is 14.3 Å². The van der Waals surface area contributed by atoms with Crippen LogP contribution in [0.25, 0.3) is 0 Å². The van der Waals surface area contributed by atoms with Crippen molar-refractivity contribution in [2.24, 2.45) is 0 Å². The van der Waals surface area contributed by atoms with E-state index in [9.17, 15) is 4.79 Å². The van der Waals surface area contributed by atoms with Gasteiger partial charge < -0.3 is 19.7 Å². The Morgan fingerprint density at radius 2 is 2.04 bits per heavy atom. The van der Waals surface area contributed by atoms with E-state index >= 15 is 0 Å². The molecule has 132 valence electrons. The minimum atomic E-state index is -0.229. The molecule has 2 heterocycles. The van der Waals surface area contributed by atoms with Gasteiger partial charge in [0.05, 0.1) is 25.1 Å². The van der Waals surface area contributed by atoms with Gasteiger partial charge in [-0.3, -0.25) is 4.79 Å². The van der Waals surface area contributed by atoms with Crippen LogP contribution in [-0.4, -0.2) is 43.8 Å². The fraction of sp³-hybridized carbons (Fsp3) is 0.368. The Balaban J connectivity index is 1.53. The van der Waals surface area contributed by atoms with E-state index in [1.165, 1.54) is 0 Å². The third kappa shape index (κ3) is 4.70. The predicted octanol–water partition coefficient (Wildman–Crippen LogP) is 2.55. The molecule has 0 radical (unpaired) electrons. The molecule has 1 N–H and O–H groups in total. The van der Waals surface area contributed by atoms with Gasteiger partial charge in [0.1, 0.15) is 11.6 Å². The number of carbonyl (C=O) groups excluding carboxylic acids is 1. The molecule has 0 unspecified atom stereocenters. The first-order valence-electron chi connectivity index (χ1n) is 8.40. The predicted molar refractivity (Wildman–Crippen MR) is 97.3 cm³/mol. The number of benzene rings is 1. The number of hydrogen-bond donors (Lipinski definition) is 1. The first-order chi connectivity index (χ1) is 12.1. The lowest BCUT2D eigenvalue weighted by molar-refractivity contribution is -0.118. The molecular weight excluding hydrogens is 318 g/mol. The number of amides is 1. The van der Waals surface area contributed by atoms with E-state index in [1.807, 2.05) is 38.1 Å². The average Bonchev–Trinajstić information content (AvgIpc) is 2.64. The Bertz CT molecular complexity index is 725. The second-order valence-electron chi connectivity index (χ2n) is 6.11. The van der Waals surface area contributed by atoms with Crippen LogP contribution in [-0.2, 0) is 9.53 Å². The Kier molecular flexibility index (Phi) is 5.50. The maximum absolute atomic E-state index is 12.1. The van der Waals surface area contributed by atoms with Crippen LogP contribution in [0.5, 0.6) is 5.75 Å². The summed E-state index contributed by atoms with van der Waals surface area (Å²) in [6.45, 7) is 7.08. The van der Waals surface area contributed by atoms with Crippen molar-refractivity contribution in [1.29, 1.82) is 0 Å². The third-order valence-electron chi connectivity index (χ3n) is 4.09. The largest absolute Gasteiger partial charge is 0.483 e. The highest BCUT2D eigenvalue weighted by Gasteiger charge is 2.12. The molecule has 25 heavy (non-hydrogen) atoms. The smallest absolute Gasteiger partial charge is 0.263 e. The van der Waals surface area contributed by atoms with Gasteiger partial charge in [0, 0.05) is 13.1 Å². The Hall–Kier alpha value is -2.60. The van der Waals surface area contributed by atoms with Crippen LogP contribution in [0.1, 0.15) is 11.1 Å². The van der Waals surface area contributed by atoms with Gasteiger partial charge in [-0.15, -0.1) is 0 Å². The number of nitrogens with one attached hydrogen (secondary N) is 1. The second-order valence-corrected chi connectivity index (χ2v) is 6.11. The van der Waals surface area contributed by atoms with Crippen molar-refractivity contribution in [3.63, 3.8) is 0 Å². The van der Waals surface area contributed by atoms with Crippen molar-refractivity contribution in [1.82, 2.24) is 4.98 Å². The minimum absolute atomic E-state index is 0.0445. The molecule has 1 aromatic carbocycles. The van der Waals surface area contributed by atoms with E-state index in [2.05, 4.69) is 15.2 Å². The number of hydrogen-bond acceptors (Lipinski definition) is 5. The van der Waals surface area contributed by atoms with Crippen molar-refractivity contribution >= 4 is 17.4 Å². The Morgan fingerprint density at radius 3 is 2.76 bits per heavy atom. The summed E-state index contributed by atoms with van der Waals surface area (Å²) >= 11 is 0. The molecule has 1 saturated heterocycles. The van der Waals surface area contributed by atoms with Gasteiger partial charge >= 0.3 is 0 Å². The lowest BCUT2D eigenvalue weighted by Gasteiger charge is -2.28. The van der Waals surface area contributed by atoms with Crippen molar-refractivity contribution in [3.05, 3.63) is 47.7 Å². The number of anilines is 2. The average molecular weight is 341 g/mol. The molecule has 6 nitrogen and oxygen atoms in total. The van der Waals surface area contributed by atoms with E-state index in [4.69, 9.17) is 9.47 Å². The van der Waals surface area contributed by atoms with Gasteiger partial charge in [0.2, 0.25) is 0 Å². The van der Waals surface area contributed by atoms with E-state index in [0.717, 1.165) is 48.9 Å². The number of ether oxygens (including phenoxy) is 2. The van der Waals surface area contributed by atoms with E-state index in [-0.39, 0.29) is 12.5 Å². The number of rotatable bonds is 5. The van der Waals surface area contributed by atoms with E-state index in [1.54, 1.807) is 12.3 Å². The molecule has 0 spiro atoms. The molecule has 3 rings (SSSR count). The van der Waals surface area contributed by atoms with Crippen LogP contribution >= 0.6 is 0 Å². The number of pyridine rings is 1. The van der Waals surface area contributed by atoms with E-state index in [0.29, 0.717) is 5.82 Å². The topological polar surface area (TPSA) is 63.7 Å². The van der Waals surface area contributed by atoms with Gasteiger partial charge in [0.25, 0.3) is 5.91 Å². The summed E-state index contributed by atoms with van der Waals surface area (Å²) in [6.07, 6.45) is 1.77. The zero-order valence-corrected chi connectivity index (χ0v) is 14.6. The molecule has 1 fully saturated rings. The van der Waals surface area contributed by atoms with Gasteiger partial charge in [-0.2, -0.15) is 0 Å². The molecule has 1 aromatic heterocycles. The zero-order valence-electron chi connectivity index (χ0n) is 14.6. The summed E-state index contributed by atoms with van der Waals surface area (Å²) in [7, 11) is 0. The molecule has 1 aliphatic heterocycles. The van der Waals surface area contributed by atoms with Gasteiger partial charge in [-0.25, -0.2) is 4.98 Å². The molecule has 0 aliphatic carbocycles. The highest BCUT2D eigenvalue weighted by atomic mass is 16.5. The van der Waals surface area contributed by atoms with Crippen LogP contribution in [0.4, 0.5) is 11.5 Å². The molecule has 0 saturated carbocycles. The molecule has 1 amide bonds.